The molecule has 2 rings (SSSR count). The predicted octanol–water partition coefficient (Wildman–Crippen LogP) is 1.97. The van der Waals surface area contributed by atoms with Gasteiger partial charge in [-0.2, -0.15) is 0 Å². The van der Waals surface area contributed by atoms with Crippen LogP contribution >= 0.6 is 0 Å². The molecule has 0 heterocycles. The summed E-state index contributed by atoms with van der Waals surface area (Å²) in [5.41, 5.74) is 6.21. The van der Waals surface area contributed by atoms with E-state index < -0.39 is 24.4 Å². The summed E-state index contributed by atoms with van der Waals surface area (Å²) in [6.07, 6.45) is 0. The molecule has 2 aromatic rings. The van der Waals surface area contributed by atoms with Gasteiger partial charge in [-0.1, -0.05) is 26.0 Å². The predicted molar refractivity (Wildman–Crippen MR) is 107 cm³/mol. The van der Waals surface area contributed by atoms with Crippen LogP contribution < -0.4 is 16.4 Å². The monoisotopic (exact) mass is 397 g/mol. The number of para-hydroxylation sites is 1. The smallest absolute Gasteiger partial charge is 0.338 e. The standard InChI is InChI=1S/C21H23N3O5/c1-13(2)11-23-20(27)16-5-3-4-6-17(16)24-18(25)12-29-21(28)15-9-7-14(8-10-15)19(22)26/h3-10,13H,11-12H2,1-2H3,(H2,22,26)(H,23,27)(H,24,25). The van der Waals surface area contributed by atoms with Crippen molar-refractivity contribution in [2.24, 2.45) is 11.7 Å². The zero-order valence-corrected chi connectivity index (χ0v) is 16.2. The Morgan fingerprint density at radius 1 is 0.966 bits per heavy atom. The van der Waals surface area contributed by atoms with Gasteiger partial charge < -0.3 is 21.1 Å². The van der Waals surface area contributed by atoms with Gasteiger partial charge in [-0.3, -0.25) is 14.4 Å². The number of hydrogen-bond acceptors (Lipinski definition) is 5. The highest BCUT2D eigenvalue weighted by molar-refractivity contribution is 6.04. The molecule has 0 unspecified atom stereocenters. The highest BCUT2D eigenvalue weighted by atomic mass is 16.5. The molecule has 2 aromatic carbocycles. The fourth-order valence-electron chi connectivity index (χ4n) is 2.35. The van der Waals surface area contributed by atoms with E-state index in [1.807, 2.05) is 13.8 Å². The average Bonchev–Trinajstić information content (AvgIpc) is 2.70. The number of ether oxygens (including phenoxy) is 1. The Hall–Kier alpha value is -3.68. The molecule has 0 aromatic heterocycles. The van der Waals surface area contributed by atoms with Crippen LogP contribution in [0.15, 0.2) is 48.5 Å². The van der Waals surface area contributed by atoms with E-state index in [1.54, 1.807) is 24.3 Å². The van der Waals surface area contributed by atoms with Gasteiger partial charge in [0.25, 0.3) is 11.8 Å². The molecule has 152 valence electrons. The third-order valence-corrected chi connectivity index (χ3v) is 3.86. The molecule has 0 radical (unpaired) electrons. The molecule has 0 aliphatic rings. The topological polar surface area (TPSA) is 128 Å². The highest BCUT2D eigenvalue weighted by Gasteiger charge is 2.15. The normalized spacial score (nSPS) is 10.3. The van der Waals surface area contributed by atoms with E-state index in [2.05, 4.69) is 10.6 Å². The molecule has 0 saturated heterocycles. The Kier molecular flexibility index (Phi) is 7.47. The quantitative estimate of drug-likeness (QED) is 0.587. The van der Waals surface area contributed by atoms with E-state index in [4.69, 9.17) is 10.5 Å². The Labute approximate surface area is 168 Å². The number of primary amides is 1. The molecule has 0 fully saturated rings. The number of carbonyl (C=O) groups excluding carboxylic acids is 4. The van der Waals surface area contributed by atoms with Gasteiger partial charge in [0.15, 0.2) is 6.61 Å². The summed E-state index contributed by atoms with van der Waals surface area (Å²) in [7, 11) is 0. The Bertz CT molecular complexity index is 907. The number of carbonyl (C=O) groups is 4. The van der Waals surface area contributed by atoms with Crippen molar-refractivity contribution in [2.45, 2.75) is 13.8 Å². The van der Waals surface area contributed by atoms with E-state index in [9.17, 15) is 19.2 Å². The molecule has 8 nitrogen and oxygen atoms in total. The first-order chi connectivity index (χ1) is 13.8. The van der Waals surface area contributed by atoms with Crippen molar-refractivity contribution < 1.29 is 23.9 Å². The average molecular weight is 397 g/mol. The molecule has 4 N–H and O–H groups in total. The SMILES string of the molecule is CC(C)CNC(=O)c1ccccc1NC(=O)COC(=O)c1ccc(C(N)=O)cc1. The number of rotatable bonds is 8. The number of benzene rings is 2. The molecule has 0 bridgehead atoms. The summed E-state index contributed by atoms with van der Waals surface area (Å²) in [6, 6.07) is 12.1. The first-order valence-electron chi connectivity index (χ1n) is 9.02. The Morgan fingerprint density at radius 2 is 1.59 bits per heavy atom. The zero-order valence-electron chi connectivity index (χ0n) is 16.2. The summed E-state index contributed by atoms with van der Waals surface area (Å²) in [5.74, 6) is -1.94. The van der Waals surface area contributed by atoms with Gasteiger partial charge in [-0.25, -0.2) is 4.79 Å². The summed E-state index contributed by atoms with van der Waals surface area (Å²) in [5, 5.41) is 5.36. The van der Waals surface area contributed by atoms with Crippen LogP contribution in [0.2, 0.25) is 0 Å². The second-order valence-corrected chi connectivity index (χ2v) is 6.72. The van der Waals surface area contributed by atoms with E-state index in [0.29, 0.717) is 17.8 Å². The minimum atomic E-state index is -0.723. The number of esters is 1. The van der Waals surface area contributed by atoms with Crippen LogP contribution in [0.4, 0.5) is 5.69 Å². The second kappa shape index (κ2) is 10.0. The van der Waals surface area contributed by atoms with Crippen LogP contribution in [0, 0.1) is 5.92 Å². The lowest BCUT2D eigenvalue weighted by molar-refractivity contribution is -0.119. The molecular weight excluding hydrogens is 374 g/mol. The summed E-state index contributed by atoms with van der Waals surface area (Å²) in [6.45, 7) is 3.93. The first kappa shape index (κ1) is 21.6. The molecule has 0 saturated carbocycles. The summed E-state index contributed by atoms with van der Waals surface area (Å²) in [4.78, 5) is 47.5. The number of nitrogens with one attached hydrogen (secondary N) is 2. The first-order valence-corrected chi connectivity index (χ1v) is 9.02. The van der Waals surface area contributed by atoms with Crippen molar-refractivity contribution >= 4 is 29.4 Å². The maximum absolute atomic E-state index is 12.3. The number of nitrogens with two attached hydrogens (primary N) is 1. The van der Waals surface area contributed by atoms with Crippen LogP contribution in [0.25, 0.3) is 0 Å². The molecule has 3 amide bonds. The molecule has 0 spiro atoms. The fourth-order valence-corrected chi connectivity index (χ4v) is 2.35. The van der Waals surface area contributed by atoms with Crippen molar-refractivity contribution in [1.29, 1.82) is 0 Å². The molecule has 0 aliphatic carbocycles. The van der Waals surface area contributed by atoms with E-state index in [-0.39, 0.29) is 23.0 Å². The Morgan fingerprint density at radius 3 is 2.21 bits per heavy atom. The molecule has 29 heavy (non-hydrogen) atoms. The maximum atomic E-state index is 12.3. The van der Waals surface area contributed by atoms with Gasteiger partial charge >= 0.3 is 5.97 Å². The lowest BCUT2D eigenvalue weighted by atomic mass is 10.1. The van der Waals surface area contributed by atoms with Gasteiger partial charge in [-0.15, -0.1) is 0 Å². The lowest BCUT2D eigenvalue weighted by Crippen LogP contribution is -2.29. The van der Waals surface area contributed by atoms with Gasteiger partial charge in [0.1, 0.15) is 0 Å². The van der Waals surface area contributed by atoms with E-state index in [0.717, 1.165) is 0 Å². The van der Waals surface area contributed by atoms with E-state index in [1.165, 1.54) is 24.3 Å². The van der Waals surface area contributed by atoms with Crippen molar-refractivity contribution in [3.8, 4) is 0 Å². The van der Waals surface area contributed by atoms with Crippen molar-refractivity contribution in [3.05, 3.63) is 65.2 Å². The lowest BCUT2D eigenvalue weighted by Gasteiger charge is -2.12. The molecular formula is C21H23N3O5. The van der Waals surface area contributed by atoms with Gasteiger partial charge in [-0.05, 0) is 42.3 Å². The minimum absolute atomic E-state index is 0.177. The molecule has 0 atom stereocenters. The summed E-state index contributed by atoms with van der Waals surface area (Å²) >= 11 is 0. The van der Waals surface area contributed by atoms with Crippen molar-refractivity contribution in [1.82, 2.24) is 5.32 Å². The molecule has 0 aliphatic heterocycles. The number of anilines is 1. The summed E-state index contributed by atoms with van der Waals surface area (Å²) < 4.78 is 4.97. The van der Waals surface area contributed by atoms with Crippen molar-refractivity contribution in [3.63, 3.8) is 0 Å². The molecule has 8 heteroatoms. The van der Waals surface area contributed by atoms with E-state index >= 15 is 0 Å². The van der Waals surface area contributed by atoms with Gasteiger partial charge in [0.2, 0.25) is 5.91 Å². The van der Waals surface area contributed by atoms with Crippen molar-refractivity contribution in [2.75, 3.05) is 18.5 Å². The van der Waals surface area contributed by atoms with Crippen LogP contribution in [0.1, 0.15) is 44.9 Å². The third kappa shape index (κ3) is 6.46. The highest BCUT2D eigenvalue weighted by Crippen LogP contribution is 2.15. The third-order valence-electron chi connectivity index (χ3n) is 3.86. The largest absolute Gasteiger partial charge is 0.452 e. The fraction of sp³-hybridized carbons (Fsp3) is 0.238. The van der Waals surface area contributed by atoms with Crippen LogP contribution in [0.5, 0.6) is 0 Å². The van der Waals surface area contributed by atoms with Crippen LogP contribution in [-0.4, -0.2) is 36.8 Å². The zero-order chi connectivity index (χ0) is 21.4. The van der Waals surface area contributed by atoms with Gasteiger partial charge in [0, 0.05) is 12.1 Å². The van der Waals surface area contributed by atoms with Crippen LogP contribution in [-0.2, 0) is 9.53 Å². The van der Waals surface area contributed by atoms with Gasteiger partial charge in [0.05, 0.1) is 16.8 Å². The van der Waals surface area contributed by atoms with Crippen LogP contribution in [0.3, 0.4) is 0 Å². The minimum Gasteiger partial charge on any atom is -0.452 e. The number of hydrogen-bond donors (Lipinski definition) is 3. The Balaban J connectivity index is 1.94. The maximum Gasteiger partial charge on any atom is 0.338 e. The number of amides is 3. The second-order valence-electron chi connectivity index (χ2n) is 6.72.